The van der Waals surface area contributed by atoms with E-state index in [2.05, 4.69) is 44.1 Å². The summed E-state index contributed by atoms with van der Waals surface area (Å²) in [5.74, 6) is 1.82. The van der Waals surface area contributed by atoms with Crippen molar-refractivity contribution in [2.75, 3.05) is 65.7 Å². The molecule has 6 nitrogen and oxygen atoms in total. The third-order valence-corrected chi connectivity index (χ3v) is 3.85. The second-order valence-electron chi connectivity index (χ2n) is 5.98. The Kier molecular flexibility index (Phi) is 5.90. The quantitative estimate of drug-likeness (QED) is 0.824. The van der Waals surface area contributed by atoms with E-state index < -0.39 is 0 Å². The van der Waals surface area contributed by atoms with Gasteiger partial charge in [-0.25, -0.2) is 9.97 Å². The topological polar surface area (TPSA) is 47.5 Å². The Balaban J connectivity index is 1.82. The number of likely N-dealkylation sites (N-methyl/N-ethyl adjacent to an activating group) is 1. The Morgan fingerprint density at radius 2 is 1.81 bits per heavy atom. The molecule has 0 bridgehead atoms. The number of nitrogens with one attached hydrogen (secondary N) is 1. The zero-order valence-electron chi connectivity index (χ0n) is 13.8. The highest BCUT2D eigenvalue weighted by molar-refractivity contribution is 5.34. The monoisotopic (exact) mass is 292 g/mol. The Hall–Kier alpha value is -1.24. The molecule has 1 saturated heterocycles. The van der Waals surface area contributed by atoms with Crippen LogP contribution in [-0.4, -0.2) is 85.1 Å². The van der Waals surface area contributed by atoms with Gasteiger partial charge in [-0.05, 0) is 21.0 Å². The maximum atomic E-state index is 4.54. The highest BCUT2D eigenvalue weighted by atomic mass is 15.3. The van der Waals surface area contributed by atoms with Crippen molar-refractivity contribution in [2.45, 2.75) is 13.5 Å². The van der Waals surface area contributed by atoms with Crippen molar-refractivity contribution in [3.63, 3.8) is 0 Å². The van der Waals surface area contributed by atoms with Crippen molar-refractivity contribution in [2.24, 2.45) is 0 Å². The molecular weight excluding hydrogens is 264 g/mol. The number of rotatable bonds is 6. The van der Waals surface area contributed by atoms with Crippen LogP contribution in [0.5, 0.6) is 0 Å². The van der Waals surface area contributed by atoms with Crippen LogP contribution in [0.2, 0.25) is 0 Å². The largest absolute Gasteiger partial charge is 0.373 e. The van der Waals surface area contributed by atoms with Gasteiger partial charge in [-0.2, -0.15) is 0 Å². The lowest BCUT2D eigenvalue weighted by atomic mass is 10.3. The van der Waals surface area contributed by atoms with Gasteiger partial charge < -0.3 is 10.2 Å². The van der Waals surface area contributed by atoms with Crippen LogP contribution in [0.3, 0.4) is 0 Å². The number of aryl methyl sites for hydroxylation is 1. The second-order valence-corrected chi connectivity index (χ2v) is 5.98. The molecule has 21 heavy (non-hydrogen) atoms. The average molecular weight is 292 g/mol. The van der Waals surface area contributed by atoms with Gasteiger partial charge in [0.25, 0.3) is 0 Å². The summed E-state index contributed by atoms with van der Waals surface area (Å²) in [6, 6.07) is 1.97. The van der Waals surface area contributed by atoms with Gasteiger partial charge in [-0.1, -0.05) is 0 Å². The van der Waals surface area contributed by atoms with Crippen LogP contribution in [0.4, 0.5) is 5.82 Å². The van der Waals surface area contributed by atoms with E-state index in [4.69, 9.17) is 0 Å². The zero-order chi connectivity index (χ0) is 15.2. The van der Waals surface area contributed by atoms with E-state index in [1.165, 1.54) is 0 Å². The van der Waals surface area contributed by atoms with Gasteiger partial charge in [0.2, 0.25) is 0 Å². The number of hydrogen-bond acceptors (Lipinski definition) is 6. The average Bonchev–Trinajstić information content (AvgIpc) is 2.46. The number of nitrogens with zero attached hydrogens (tertiary/aromatic N) is 5. The van der Waals surface area contributed by atoms with E-state index in [0.29, 0.717) is 0 Å². The molecule has 0 spiro atoms. The van der Waals surface area contributed by atoms with Gasteiger partial charge in [-0.15, -0.1) is 0 Å². The van der Waals surface area contributed by atoms with E-state index in [1.54, 1.807) is 0 Å². The smallest absolute Gasteiger partial charge is 0.144 e. The molecule has 118 valence electrons. The molecule has 6 heteroatoms. The minimum Gasteiger partial charge on any atom is -0.373 e. The first-order valence-electron chi connectivity index (χ1n) is 7.68. The SMILES string of the molecule is CNc1cc(C)nc(CN2CCN(CCN(C)C)CC2)n1. The number of hydrogen-bond donors (Lipinski definition) is 1. The molecule has 0 unspecified atom stereocenters. The number of piperazine rings is 1. The van der Waals surface area contributed by atoms with Gasteiger partial charge in [0, 0.05) is 58.1 Å². The maximum Gasteiger partial charge on any atom is 0.144 e. The normalized spacial score (nSPS) is 17.4. The first-order chi connectivity index (χ1) is 10.1. The van der Waals surface area contributed by atoms with Gasteiger partial charge in [0.05, 0.1) is 6.54 Å². The van der Waals surface area contributed by atoms with E-state index in [0.717, 1.165) is 63.1 Å². The third kappa shape index (κ3) is 5.22. The molecule has 0 aromatic carbocycles. The molecule has 2 heterocycles. The highest BCUT2D eigenvalue weighted by Crippen LogP contribution is 2.09. The Labute approximate surface area is 128 Å². The molecule has 1 N–H and O–H groups in total. The first-order valence-corrected chi connectivity index (χ1v) is 7.68. The maximum absolute atomic E-state index is 4.54. The third-order valence-electron chi connectivity index (χ3n) is 3.85. The van der Waals surface area contributed by atoms with Crippen molar-refractivity contribution < 1.29 is 0 Å². The van der Waals surface area contributed by atoms with Crippen molar-refractivity contribution >= 4 is 5.82 Å². The molecule has 0 radical (unpaired) electrons. The van der Waals surface area contributed by atoms with Crippen LogP contribution in [-0.2, 0) is 6.54 Å². The summed E-state index contributed by atoms with van der Waals surface area (Å²) in [5, 5.41) is 3.10. The predicted octanol–water partition coefficient (Wildman–Crippen LogP) is 0.506. The van der Waals surface area contributed by atoms with Crippen molar-refractivity contribution in [1.82, 2.24) is 24.7 Å². The van der Waals surface area contributed by atoms with Crippen LogP contribution in [0.1, 0.15) is 11.5 Å². The van der Waals surface area contributed by atoms with E-state index in [-0.39, 0.29) is 0 Å². The second kappa shape index (κ2) is 7.68. The number of aromatic nitrogens is 2. The molecule has 2 rings (SSSR count). The van der Waals surface area contributed by atoms with Crippen LogP contribution in [0, 0.1) is 6.92 Å². The first kappa shape index (κ1) is 16.1. The molecule has 0 aliphatic carbocycles. The Bertz CT molecular complexity index is 440. The van der Waals surface area contributed by atoms with Crippen LogP contribution in [0.15, 0.2) is 6.07 Å². The number of anilines is 1. The zero-order valence-corrected chi connectivity index (χ0v) is 13.8. The molecule has 1 aliphatic heterocycles. The molecule has 1 fully saturated rings. The summed E-state index contributed by atoms with van der Waals surface area (Å²) in [4.78, 5) is 16.3. The summed E-state index contributed by atoms with van der Waals surface area (Å²) in [5.41, 5.74) is 1.02. The van der Waals surface area contributed by atoms with Gasteiger partial charge in [0.15, 0.2) is 0 Å². The molecule has 1 aliphatic rings. The molecule has 0 atom stereocenters. The lowest BCUT2D eigenvalue weighted by Gasteiger charge is -2.34. The van der Waals surface area contributed by atoms with E-state index in [1.807, 2.05) is 20.0 Å². The summed E-state index contributed by atoms with van der Waals surface area (Å²) < 4.78 is 0. The minimum atomic E-state index is 0.845. The van der Waals surface area contributed by atoms with Crippen LogP contribution < -0.4 is 5.32 Å². The van der Waals surface area contributed by atoms with Crippen molar-refractivity contribution in [3.8, 4) is 0 Å². The summed E-state index contributed by atoms with van der Waals surface area (Å²) in [6.45, 7) is 9.62. The summed E-state index contributed by atoms with van der Waals surface area (Å²) in [7, 11) is 6.16. The fourth-order valence-corrected chi connectivity index (χ4v) is 2.54. The standard InChI is InChI=1S/C15H28N6/c1-13-11-14(16-2)18-15(17-13)12-21-9-7-20(8-10-21)6-5-19(3)4/h11H,5-10,12H2,1-4H3,(H,16,17,18). The van der Waals surface area contributed by atoms with Crippen LogP contribution in [0.25, 0.3) is 0 Å². The predicted molar refractivity (Wildman–Crippen MR) is 86.6 cm³/mol. The fourth-order valence-electron chi connectivity index (χ4n) is 2.54. The molecule has 0 amide bonds. The van der Waals surface area contributed by atoms with Crippen molar-refractivity contribution in [3.05, 3.63) is 17.6 Å². The fraction of sp³-hybridized carbons (Fsp3) is 0.733. The lowest BCUT2D eigenvalue weighted by Crippen LogP contribution is -2.47. The van der Waals surface area contributed by atoms with Gasteiger partial charge in [0.1, 0.15) is 11.6 Å². The molecular formula is C15H28N6. The summed E-state index contributed by atoms with van der Waals surface area (Å²) in [6.07, 6.45) is 0. The molecule has 0 saturated carbocycles. The lowest BCUT2D eigenvalue weighted by molar-refractivity contribution is 0.118. The van der Waals surface area contributed by atoms with E-state index in [9.17, 15) is 0 Å². The van der Waals surface area contributed by atoms with Gasteiger partial charge >= 0.3 is 0 Å². The summed E-state index contributed by atoms with van der Waals surface area (Å²) >= 11 is 0. The van der Waals surface area contributed by atoms with Gasteiger partial charge in [-0.3, -0.25) is 9.80 Å². The molecule has 1 aromatic heterocycles. The highest BCUT2D eigenvalue weighted by Gasteiger charge is 2.17. The van der Waals surface area contributed by atoms with Crippen LogP contribution >= 0.6 is 0 Å². The molecule has 1 aromatic rings. The Morgan fingerprint density at radius 3 is 2.43 bits per heavy atom. The Morgan fingerprint density at radius 1 is 1.14 bits per heavy atom. The van der Waals surface area contributed by atoms with Crippen molar-refractivity contribution in [1.29, 1.82) is 0 Å². The minimum absolute atomic E-state index is 0.845. The van der Waals surface area contributed by atoms with E-state index >= 15 is 0 Å².